The molecule has 122 valence electrons. The van der Waals surface area contributed by atoms with Crippen molar-refractivity contribution in [2.75, 3.05) is 31.6 Å². The number of anilines is 1. The van der Waals surface area contributed by atoms with Gasteiger partial charge in [-0.25, -0.2) is 9.97 Å². The van der Waals surface area contributed by atoms with Crippen LogP contribution in [-0.4, -0.2) is 58.2 Å². The highest BCUT2D eigenvalue weighted by molar-refractivity contribution is 7.12. The highest BCUT2D eigenvalue weighted by atomic mass is 32.1. The zero-order valence-electron chi connectivity index (χ0n) is 13.3. The van der Waals surface area contributed by atoms with E-state index in [0.717, 1.165) is 11.5 Å². The summed E-state index contributed by atoms with van der Waals surface area (Å²) in [7, 11) is 1.73. The first-order chi connectivity index (χ1) is 11.0. The molecule has 0 unspecified atom stereocenters. The molecule has 0 bridgehead atoms. The third-order valence-electron chi connectivity index (χ3n) is 4.06. The molecule has 0 saturated carbocycles. The fraction of sp³-hybridized carbons (Fsp3) is 0.438. The van der Waals surface area contributed by atoms with Gasteiger partial charge in [0.15, 0.2) is 0 Å². The summed E-state index contributed by atoms with van der Waals surface area (Å²) in [5.74, 6) is 0.769. The number of rotatable bonds is 4. The standard InChI is InChI=1S/C16H20N4O2S/c1-12-8-14(18-11-17-12)20-6-5-16(22,10-20)9-19(2)15(21)13-4-3-7-23-13/h3-4,7-8,11,22H,5-6,9-10H2,1-2H3/t16-/m1/s1. The van der Waals surface area contributed by atoms with Crippen LogP contribution in [-0.2, 0) is 0 Å². The molecule has 0 aliphatic carbocycles. The van der Waals surface area contributed by atoms with Crippen LogP contribution in [0, 0.1) is 6.92 Å². The summed E-state index contributed by atoms with van der Waals surface area (Å²) >= 11 is 1.41. The third-order valence-corrected chi connectivity index (χ3v) is 4.91. The van der Waals surface area contributed by atoms with Gasteiger partial charge in [0, 0.05) is 31.9 Å². The monoisotopic (exact) mass is 332 g/mol. The van der Waals surface area contributed by atoms with Gasteiger partial charge in [0.05, 0.1) is 11.4 Å². The van der Waals surface area contributed by atoms with Gasteiger partial charge in [-0.15, -0.1) is 11.3 Å². The van der Waals surface area contributed by atoms with E-state index in [1.165, 1.54) is 17.7 Å². The molecule has 3 rings (SSSR count). The lowest BCUT2D eigenvalue weighted by molar-refractivity contribution is 0.0266. The van der Waals surface area contributed by atoms with Crippen LogP contribution in [0.5, 0.6) is 0 Å². The van der Waals surface area contributed by atoms with E-state index in [1.807, 2.05) is 29.3 Å². The number of aliphatic hydroxyl groups is 1. The number of carbonyl (C=O) groups excluding carboxylic acids is 1. The maximum atomic E-state index is 12.3. The largest absolute Gasteiger partial charge is 0.386 e. The molecule has 0 spiro atoms. The lowest BCUT2D eigenvalue weighted by atomic mass is 10.0. The summed E-state index contributed by atoms with van der Waals surface area (Å²) in [6.45, 7) is 3.41. The summed E-state index contributed by atoms with van der Waals surface area (Å²) in [5, 5.41) is 12.7. The molecule has 1 amide bonds. The molecule has 1 fully saturated rings. The molecular weight excluding hydrogens is 312 g/mol. The molecule has 3 heterocycles. The van der Waals surface area contributed by atoms with Crippen molar-refractivity contribution in [1.29, 1.82) is 0 Å². The van der Waals surface area contributed by atoms with E-state index in [-0.39, 0.29) is 5.91 Å². The van der Waals surface area contributed by atoms with Gasteiger partial charge in [-0.05, 0) is 24.8 Å². The molecule has 1 saturated heterocycles. The third kappa shape index (κ3) is 3.51. The molecule has 23 heavy (non-hydrogen) atoms. The number of carbonyl (C=O) groups is 1. The Morgan fingerprint density at radius 2 is 2.35 bits per heavy atom. The Labute approximate surface area is 139 Å². The molecular formula is C16H20N4O2S. The SMILES string of the molecule is Cc1cc(N2CC[C@@](O)(CN(C)C(=O)c3cccs3)C2)ncn1. The quantitative estimate of drug-likeness (QED) is 0.920. The number of nitrogens with zero attached hydrogens (tertiary/aromatic N) is 4. The summed E-state index contributed by atoms with van der Waals surface area (Å²) in [6.07, 6.45) is 2.15. The van der Waals surface area contributed by atoms with Gasteiger partial charge in [-0.2, -0.15) is 0 Å². The summed E-state index contributed by atoms with van der Waals surface area (Å²) < 4.78 is 0. The zero-order valence-corrected chi connectivity index (χ0v) is 14.1. The summed E-state index contributed by atoms with van der Waals surface area (Å²) in [5.41, 5.74) is -0.0176. The lowest BCUT2D eigenvalue weighted by Gasteiger charge is -2.29. The van der Waals surface area contributed by atoms with Crippen molar-refractivity contribution < 1.29 is 9.90 Å². The topological polar surface area (TPSA) is 69.6 Å². The molecule has 7 heteroatoms. The first kappa shape index (κ1) is 15.9. The van der Waals surface area contributed by atoms with E-state index in [0.29, 0.717) is 30.9 Å². The number of β-amino-alcohol motifs (C(OH)–C–C–N with tert-alkyl or cyclic N) is 1. The Morgan fingerprint density at radius 1 is 1.52 bits per heavy atom. The minimum absolute atomic E-state index is 0.0512. The van der Waals surface area contributed by atoms with E-state index in [2.05, 4.69) is 9.97 Å². The van der Waals surface area contributed by atoms with E-state index in [4.69, 9.17) is 0 Å². The number of likely N-dealkylation sites (N-methyl/N-ethyl adjacent to an activating group) is 1. The Hall–Kier alpha value is -1.99. The van der Waals surface area contributed by atoms with Crippen LogP contribution in [0.25, 0.3) is 0 Å². The van der Waals surface area contributed by atoms with Crippen LogP contribution < -0.4 is 4.90 Å². The number of aryl methyl sites for hydroxylation is 1. The Bertz CT molecular complexity index is 691. The fourth-order valence-electron chi connectivity index (χ4n) is 2.90. The van der Waals surface area contributed by atoms with Crippen LogP contribution in [0.15, 0.2) is 29.9 Å². The van der Waals surface area contributed by atoms with Crippen LogP contribution in [0.1, 0.15) is 21.8 Å². The average molecular weight is 332 g/mol. The highest BCUT2D eigenvalue weighted by Crippen LogP contribution is 2.27. The normalized spacial score (nSPS) is 20.7. The molecule has 2 aromatic heterocycles. The van der Waals surface area contributed by atoms with Crippen molar-refractivity contribution in [1.82, 2.24) is 14.9 Å². The van der Waals surface area contributed by atoms with Crippen LogP contribution in [0.4, 0.5) is 5.82 Å². The van der Waals surface area contributed by atoms with Gasteiger partial charge in [0.1, 0.15) is 17.7 Å². The second kappa shape index (κ2) is 6.25. The molecule has 2 aromatic rings. The second-order valence-corrected chi connectivity index (χ2v) is 7.00. The Balaban J connectivity index is 1.65. The van der Waals surface area contributed by atoms with Crippen molar-refractivity contribution in [3.05, 3.63) is 40.5 Å². The lowest BCUT2D eigenvalue weighted by Crippen LogP contribution is -2.45. The maximum Gasteiger partial charge on any atom is 0.263 e. The van der Waals surface area contributed by atoms with Crippen LogP contribution >= 0.6 is 11.3 Å². The number of aromatic nitrogens is 2. The number of hydrogen-bond donors (Lipinski definition) is 1. The molecule has 1 N–H and O–H groups in total. The summed E-state index contributed by atoms with van der Waals surface area (Å²) in [4.78, 5) is 25.0. The molecule has 1 aliphatic rings. The minimum Gasteiger partial charge on any atom is -0.386 e. The Kier molecular flexibility index (Phi) is 4.32. The predicted octanol–water partition coefficient (Wildman–Crippen LogP) is 1.56. The van der Waals surface area contributed by atoms with Gasteiger partial charge < -0.3 is 14.9 Å². The van der Waals surface area contributed by atoms with Crippen molar-refractivity contribution in [3.8, 4) is 0 Å². The second-order valence-electron chi connectivity index (χ2n) is 6.05. The van der Waals surface area contributed by atoms with Crippen LogP contribution in [0.2, 0.25) is 0 Å². The number of hydrogen-bond acceptors (Lipinski definition) is 6. The molecule has 6 nitrogen and oxygen atoms in total. The van der Waals surface area contributed by atoms with Crippen molar-refractivity contribution in [2.45, 2.75) is 18.9 Å². The van der Waals surface area contributed by atoms with Gasteiger partial charge in [-0.3, -0.25) is 4.79 Å². The molecule has 1 aliphatic heterocycles. The Morgan fingerprint density at radius 3 is 3.04 bits per heavy atom. The molecule has 0 radical (unpaired) electrons. The van der Waals surface area contributed by atoms with Gasteiger partial charge in [0.2, 0.25) is 0 Å². The minimum atomic E-state index is -0.916. The first-order valence-corrected chi connectivity index (χ1v) is 8.40. The number of amides is 1. The van der Waals surface area contributed by atoms with E-state index in [9.17, 15) is 9.90 Å². The molecule has 0 aromatic carbocycles. The smallest absolute Gasteiger partial charge is 0.263 e. The van der Waals surface area contributed by atoms with Crippen molar-refractivity contribution in [2.24, 2.45) is 0 Å². The highest BCUT2D eigenvalue weighted by Gasteiger charge is 2.38. The zero-order chi connectivity index (χ0) is 16.4. The first-order valence-electron chi connectivity index (χ1n) is 7.52. The predicted molar refractivity (Wildman–Crippen MR) is 89.8 cm³/mol. The van der Waals surface area contributed by atoms with Crippen molar-refractivity contribution in [3.63, 3.8) is 0 Å². The number of thiophene rings is 1. The molecule has 1 atom stereocenters. The van der Waals surface area contributed by atoms with Crippen LogP contribution in [0.3, 0.4) is 0 Å². The fourth-order valence-corrected chi connectivity index (χ4v) is 3.61. The van der Waals surface area contributed by atoms with Crippen molar-refractivity contribution >= 4 is 23.1 Å². The average Bonchev–Trinajstić information content (AvgIpc) is 3.16. The maximum absolute atomic E-state index is 12.3. The van der Waals surface area contributed by atoms with E-state index < -0.39 is 5.60 Å². The van der Waals surface area contributed by atoms with Gasteiger partial charge >= 0.3 is 0 Å². The van der Waals surface area contributed by atoms with Gasteiger partial charge in [-0.1, -0.05) is 6.07 Å². The van der Waals surface area contributed by atoms with E-state index >= 15 is 0 Å². The van der Waals surface area contributed by atoms with Gasteiger partial charge in [0.25, 0.3) is 5.91 Å². The summed E-state index contributed by atoms with van der Waals surface area (Å²) in [6, 6.07) is 5.57. The van der Waals surface area contributed by atoms with E-state index in [1.54, 1.807) is 18.0 Å².